The van der Waals surface area contributed by atoms with E-state index in [1.165, 1.54) is 0 Å². The Morgan fingerprint density at radius 1 is 1.39 bits per heavy atom. The summed E-state index contributed by atoms with van der Waals surface area (Å²) in [5, 5.41) is 3.44. The second kappa shape index (κ2) is 6.10. The molecule has 1 rings (SSSR count). The Bertz CT molecular complexity index is 424. The van der Waals surface area contributed by atoms with Crippen molar-refractivity contribution in [1.82, 2.24) is 5.32 Å². The highest BCUT2D eigenvalue weighted by molar-refractivity contribution is 6.32. The fourth-order valence-corrected chi connectivity index (χ4v) is 1.84. The molecule has 0 aromatic heterocycles. The van der Waals surface area contributed by atoms with Gasteiger partial charge in [-0.2, -0.15) is 0 Å². The normalized spacial score (nSPS) is 11.2. The third-order valence-electron chi connectivity index (χ3n) is 2.40. The lowest BCUT2D eigenvalue weighted by Crippen LogP contribution is -2.27. The third-order valence-corrected chi connectivity index (χ3v) is 2.69. The van der Waals surface area contributed by atoms with Crippen LogP contribution in [0.5, 0.6) is 5.75 Å². The van der Waals surface area contributed by atoms with Crippen molar-refractivity contribution in [2.75, 3.05) is 7.11 Å². The van der Waals surface area contributed by atoms with Crippen LogP contribution >= 0.6 is 11.6 Å². The molecule has 0 saturated carbocycles. The molecule has 1 aromatic carbocycles. The molecule has 0 spiro atoms. The molecule has 100 valence electrons. The second-order valence-corrected chi connectivity index (χ2v) is 5.89. The SMILES string of the molecule is COc1ccc(CNC(=O)CC(C)(C)C)cc1Cl. The summed E-state index contributed by atoms with van der Waals surface area (Å²) in [5.41, 5.74) is 0.963. The van der Waals surface area contributed by atoms with Crippen molar-refractivity contribution in [3.63, 3.8) is 0 Å². The Kier molecular flexibility index (Phi) is 5.03. The number of hydrogen-bond acceptors (Lipinski definition) is 2. The minimum Gasteiger partial charge on any atom is -0.495 e. The van der Waals surface area contributed by atoms with E-state index < -0.39 is 0 Å². The van der Waals surface area contributed by atoms with Gasteiger partial charge in [0.25, 0.3) is 0 Å². The maximum atomic E-state index is 11.7. The van der Waals surface area contributed by atoms with Crippen molar-refractivity contribution in [3.8, 4) is 5.75 Å². The molecule has 0 heterocycles. The van der Waals surface area contributed by atoms with Crippen LogP contribution in [0.2, 0.25) is 5.02 Å². The van der Waals surface area contributed by atoms with E-state index in [2.05, 4.69) is 5.32 Å². The topological polar surface area (TPSA) is 38.3 Å². The molecule has 1 N–H and O–H groups in total. The molecule has 0 atom stereocenters. The molecule has 4 heteroatoms. The molecular formula is C14H20ClNO2. The van der Waals surface area contributed by atoms with E-state index >= 15 is 0 Å². The summed E-state index contributed by atoms with van der Waals surface area (Å²) >= 11 is 6.01. The highest BCUT2D eigenvalue weighted by atomic mass is 35.5. The second-order valence-electron chi connectivity index (χ2n) is 5.48. The van der Waals surface area contributed by atoms with Crippen LogP contribution in [0.4, 0.5) is 0 Å². The Morgan fingerprint density at radius 2 is 2.06 bits per heavy atom. The molecule has 0 unspecified atom stereocenters. The Hall–Kier alpha value is -1.22. The first-order valence-corrected chi connectivity index (χ1v) is 6.29. The van der Waals surface area contributed by atoms with Gasteiger partial charge in [0.05, 0.1) is 12.1 Å². The number of hydrogen-bond donors (Lipinski definition) is 1. The smallest absolute Gasteiger partial charge is 0.220 e. The van der Waals surface area contributed by atoms with E-state index in [0.29, 0.717) is 23.7 Å². The fourth-order valence-electron chi connectivity index (χ4n) is 1.56. The number of methoxy groups -OCH3 is 1. The molecule has 1 aromatic rings. The summed E-state index contributed by atoms with van der Waals surface area (Å²) in [7, 11) is 1.58. The lowest BCUT2D eigenvalue weighted by Gasteiger charge is -2.17. The number of ether oxygens (including phenoxy) is 1. The van der Waals surface area contributed by atoms with Crippen molar-refractivity contribution in [2.45, 2.75) is 33.7 Å². The van der Waals surface area contributed by atoms with Gasteiger partial charge < -0.3 is 10.1 Å². The van der Waals surface area contributed by atoms with Gasteiger partial charge in [0.1, 0.15) is 5.75 Å². The minimum absolute atomic E-state index is 0.00162. The Balaban J connectivity index is 2.54. The molecule has 0 aliphatic carbocycles. The highest BCUT2D eigenvalue weighted by Crippen LogP contribution is 2.25. The first-order valence-electron chi connectivity index (χ1n) is 5.91. The average Bonchev–Trinajstić information content (AvgIpc) is 2.24. The van der Waals surface area contributed by atoms with Gasteiger partial charge in [-0.3, -0.25) is 4.79 Å². The maximum Gasteiger partial charge on any atom is 0.220 e. The van der Waals surface area contributed by atoms with Crippen LogP contribution in [0.1, 0.15) is 32.8 Å². The van der Waals surface area contributed by atoms with Crippen LogP contribution in [0.25, 0.3) is 0 Å². The number of amides is 1. The zero-order chi connectivity index (χ0) is 13.8. The summed E-state index contributed by atoms with van der Waals surface area (Å²) in [6.45, 7) is 6.60. The number of rotatable bonds is 4. The quantitative estimate of drug-likeness (QED) is 0.910. The molecule has 0 aliphatic heterocycles. The predicted octanol–water partition coefficient (Wildman–Crippen LogP) is 3.40. The minimum atomic E-state index is 0.00162. The highest BCUT2D eigenvalue weighted by Gasteiger charge is 2.15. The van der Waals surface area contributed by atoms with Gasteiger partial charge in [-0.15, -0.1) is 0 Å². The van der Waals surface area contributed by atoms with Crippen molar-refractivity contribution in [1.29, 1.82) is 0 Å². The maximum absolute atomic E-state index is 11.7. The first kappa shape index (κ1) is 14.8. The number of carbonyl (C=O) groups is 1. The zero-order valence-corrected chi connectivity index (χ0v) is 12.1. The van der Waals surface area contributed by atoms with E-state index in [-0.39, 0.29) is 11.3 Å². The number of benzene rings is 1. The zero-order valence-electron chi connectivity index (χ0n) is 11.3. The molecule has 1 amide bonds. The van der Waals surface area contributed by atoms with Crippen molar-refractivity contribution < 1.29 is 9.53 Å². The van der Waals surface area contributed by atoms with Crippen LogP contribution in [-0.4, -0.2) is 13.0 Å². The van der Waals surface area contributed by atoms with Gasteiger partial charge in [-0.1, -0.05) is 38.4 Å². The molecule has 3 nitrogen and oxygen atoms in total. The van der Waals surface area contributed by atoms with E-state index in [4.69, 9.17) is 16.3 Å². The standard InChI is InChI=1S/C14H20ClNO2/c1-14(2,3)8-13(17)16-9-10-5-6-12(18-4)11(15)7-10/h5-7H,8-9H2,1-4H3,(H,16,17). The van der Waals surface area contributed by atoms with E-state index in [0.717, 1.165) is 5.56 Å². The fraction of sp³-hybridized carbons (Fsp3) is 0.500. The third kappa shape index (κ3) is 4.96. The molecule has 0 fully saturated rings. The van der Waals surface area contributed by atoms with Crippen molar-refractivity contribution in [2.24, 2.45) is 5.41 Å². The van der Waals surface area contributed by atoms with Crippen LogP contribution in [0.3, 0.4) is 0 Å². The Morgan fingerprint density at radius 3 is 2.56 bits per heavy atom. The van der Waals surface area contributed by atoms with Crippen LogP contribution in [0, 0.1) is 5.41 Å². The van der Waals surface area contributed by atoms with Crippen LogP contribution in [0.15, 0.2) is 18.2 Å². The molecular weight excluding hydrogens is 250 g/mol. The van der Waals surface area contributed by atoms with Crippen LogP contribution < -0.4 is 10.1 Å². The summed E-state index contributed by atoms with van der Waals surface area (Å²) in [6, 6.07) is 5.49. The molecule has 0 bridgehead atoms. The van der Waals surface area contributed by atoms with Crippen molar-refractivity contribution >= 4 is 17.5 Å². The molecule has 18 heavy (non-hydrogen) atoms. The van der Waals surface area contributed by atoms with E-state index in [1.54, 1.807) is 19.2 Å². The average molecular weight is 270 g/mol. The first-order chi connectivity index (χ1) is 8.31. The monoisotopic (exact) mass is 269 g/mol. The van der Waals surface area contributed by atoms with Gasteiger partial charge in [0.2, 0.25) is 5.91 Å². The van der Waals surface area contributed by atoms with Crippen molar-refractivity contribution in [3.05, 3.63) is 28.8 Å². The lowest BCUT2D eigenvalue weighted by atomic mass is 9.92. The van der Waals surface area contributed by atoms with E-state index in [9.17, 15) is 4.79 Å². The van der Waals surface area contributed by atoms with Gasteiger partial charge in [-0.05, 0) is 23.1 Å². The summed E-state index contributed by atoms with van der Waals surface area (Å²) in [4.78, 5) is 11.7. The summed E-state index contributed by atoms with van der Waals surface area (Å²) in [6.07, 6.45) is 0.511. The van der Waals surface area contributed by atoms with Gasteiger partial charge in [0.15, 0.2) is 0 Å². The number of nitrogens with one attached hydrogen (secondary N) is 1. The number of halogens is 1. The van der Waals surface area contributed by atoms with Gasteiger partial charge in [0, 0.05) is 13.0 Å². The summed E-state index contributed by atoms with van der Waals surface area (Å²) in [5.74, 6) is 0.691. The number of carbonyl (C=O) groups excluding carboxylic acids is 1. The molecule has 0 saturated heterocycles. The molecule has 0 aliphatic rings. The van der Waals surface area contributed by atoms with Crippen LogP contribution in [-0.2, 0) is 11.3 Å². The Labute approximate surface area is 113 Å². The molecule has 0 radical (unpaired) electrons. The largest absolute Gasteiger partial charge is 0.495 e. The lowest BCUT2D eigenvalue weighted by molar-refractivity contribution is -0.122. The summed E-state index contributed by atoms with van der Waals surface area (Å²) < 4.78 is 5.07. The predicted molar refractivity (Wildman–Crippen MR) is 73.9 cm³/mol. The van der Waals surface area contributed by atoms with Gasteiger partial charge >= 0.3 is 0 Å². The van der Waals surface area contributed by atoms with Gasteiger partial charge in [-0.25, -0.2) is 0 Å². The van der Waals surface area contributed by atoms with E-state index in [1.807, 2.05) is 26.8 Å².